The zero-order chi connectivity index (χ0) is 20.4. The molecule has 0 spiro atoms. The molecule has 3 aromatic carbocycles. The summed E-state index contributed by atoms with van der Waals surface area (Å²) in [7, 11) is 4.00. The molecule has 0 atom stereocenters. The average molecular weight is 404 g/mol. The van der Waals surface area contributed by atoms with E-state index >= 15 is 0 Å². The Morgan fingerprint density at radius 2 is 1.40 bits per heavy atom. The largest absolute Gasteiger partial charge is 0.454 e. The van der Waals surface area contributed by atoms with Gasteiger partial charge in [0, 0.05) is 29.2 Å². The molecule has 0 bridgehead atoms. The lowest BCUT2D eigenvalue weighted by molar-refractivity contribution is 0.173. The summed E-state index contributed by atoms with van der Waals surface area (Å²) in [6, 6.07) is 11.8. The molecule has 2 aliphatic heterocycles. The summed E-state index contributed by atoms with van der Waals surface area (Å²) < 4.78 is 24.1. The highest BCUT2D eigenvalue weighted by Gasteiger charge is 2.22. The fraction of sp³-hybridized carbons (Fsp3) is 0.261. The number of ether oxygens (including phenoxy) is 4. The Morgan fingerprint density at radius 3 is 2.07 bits per heavy atom. The topological polar surface area (TPSA) is 62.2 Å². The summed E-state index contributed by atoms with van der Waals surface area (Å²) >= 11 is 0. The third kappa shape index (κ3) is 2.45. The van der Waals surface area contributed by atoms with Gasteiger partial charge < -0.3 is 28.4 Å². The number of pyridine rings is 1. The van der Waals surface area contributed by atoms with Crippen LogP contribution in [-0.4, -0.2) is 43.7 Å². The predicted molar refractivity (Wildman–Crippen MR) is 114 cm³/mol. The molecule has 0 unspecified atom stereocenters. The van der Waals surface area contributed by atoms with Gasteiger partial charge in [-0.2, -0.15) is 0 Å². The molecule has 0 saturated carbocycles. The number of nitrogens with zero attached hydrogens (tertiary/aromatic N) is 2. The van der Waals surface area contributed by atoms with E-state index in [2.05, 4.69) is 17.0 Å². The van der Waals surface area contributed by atoms with Crippen LogP contribution >= 0.6 is 0 Å². The third-order valence-electron chi connectivity index (χ3n) is 5.80. The van der Waals surface area contributed by atoms with Crippen molar-refractivity contribution in [3.63, 3.8) is 0 Å². The van der Waals surface area contributed by atoms with E-state index in [1.165, 1.54) is 0 Å². The second kappa shape index (κ2) is 6.27. The first-order valence-electron chi connectivity index (χ1n) is 9.87. The molecular formula is C23H20N2O5. The molecule has 0 saturated heterocycles. The van der Waals surface area contributed by atoms with Crippen molar-refractivity contribution in [3.05, 3.63) is 46.8 Å². The van der Waals surface area contributed by atoms with E-state index in [4.69, 9.17) is 18.9 Å². The average Bonchev–Trinajstić information content (AvgIpc) is 3.38. The first kappa shape index (κ1) is 17.4. The SMILES string of the molecule is CN(C)CCn1c(=O)c2cc3c(cc2c2ccc4cc5c(cc4c21)OCO5)OCO3. The Kier molecular flexibility index (Phi) is 3.64. The normalized spacial score (nSPS) is 14.5. The molecule has 7 heteroatoms. The van der Waals surface area contributed by atoms with Gasteiger partial charge in [-0.25, -0.2) is 0 Å². The second-order valence-electron chi connectivity index (χ2n) is 7.90. The molecule has 6 rings (SSSR count). The second-order valence-corrected chi connectivity index (χ2v) is 7.90. The first-order chi connectivity index (χ1) is 14.6. The molecule has 1 aromatic heterocycles. The maximum absolute atomic E-state index is 13.6. The highest BCUT2D eigenvalue weighted by atomic mass is 16.7. The smallest absolute Gasteiger partial charge is 0.259 e. The van der Waals surface area contributed by atoms with Gasteiger partial charge in [0.1, 0.15) is 0 Å². The van der Waals surface area contributed by atoms with E-state index in [0.29, 0.717) is 29.2 Å². The molecule has 2 aliphatic rings. The van der Waals surface area contributed by atoms with Gasteiger partial charge in [-0.05, 0) is 43.7 Å². The molecule has 3 heterocycles. The van der Waals surface area contributed by atoms with Gasteiger partial charge in [0.2, 0.25) is 13.6 Å². The fourth-order valence-corrected chi connectivity index (χ4v) is 4.31. The minimum Gasteiger partial charge on any atom is -0.454 e. The molecule has 0 amide bonds. The minimum absolute atomic E-state index is 0.0391. The zero-order valence-electron chi connectivity index (χ0n) is 16.7. The van der Waals surface area contributed by atoms with Crippen LogP contribution in [0.1, 0.15) is 0 Å². The van der Waals surface area contributed by atoms with Gasteiger partial charge in [0.15, 0.2) is 23.0 Å². The molecule has 152 valence electrons. The van der Waals surface area contributed by atoms with E-state index in [-0.39, 0.29) is 19.1 Å². The van der Waals surface area contributed by atoms with E-state index in [1.54, 1.807) is 6.07 Å². The number of likely N-dealkylation sites (N-methyl/N-ethyl adjacent to an activating group) is 1. The maximum atomic E-state index is 13.6. The third-order valence-corrected chi connectivity index (χ3v) is 5.80. The monoisotopic (exact) mass is 404 g/mol. The standard InChI is InChI=1S/C23H20N2O5/c1-24(2)5-6-25-22-14(4-3-13-7-18-19(8-15(13)22)28-11-27-18)16-9-20-21(30-12-29-20)10-17(16)23(25)26/h3-4,7-10H,5-6,11-12H2,1-2H3. The van der Waals surface area contributed by atoms with Crippen molar-refractivity contribution >= 4 is 32.4 Å². The summed E-state index contributed by atoms with van der Waals surface area (Å²) in [5, 5.41) is 4.45. The van der Waals surface area contributed by atoms with Crippen molar-refractivity contribution in [3.8, 4) is 23.0 Å². The Labute approximate surface area is 171 Å². The number of aromatic nitrogens is 1. The summed E-state index contributed by atoms with van der Waals surface area (Å²) in [4.78, 5) is 15.7. The van der Waals surface area contributed by atoms with Gasteiger partial charge >= 0.3 is 0 Å². The maximum Gasteiger partial charge on any atom is 0.259 e. The molecule has 7 nitrogen and oxygen atoms in total. The van der Waals surface area contributed by atoms with Gasteiger partial charge in [-0.15, -0.1) is 0 Å². The van der Waals surface area contributed by atoms with Crippen molar-refractivity contribution in [1.29, 1.82) is 0 Å². The zero-order valence-corrected chi connectivity index (χ0v) is 16.7. The van der Waals surface area contributed by atoms with Crippen LogP contribution in [0.25, 0.3) is 32.4 Å². The van der Waals surface area contributed by atoms with E-state index in [9.17, 15) is 4.79 Å². The van der Waals surface area contributed by atoms with Crippen molar-refractivity contribution in [2.24, 2.45) is 0 Å². The summed E-state index contributed by atoms with van der Waals surface area (Å²) in [5.74, 6) is 2.71. The fourth-order valence-electron chi connectivity index (χ4n) is 4.31. The van der Waals surface area contributed by atoms with Crippen LogP contribution in [0.5, 0.6) is 23.0 Å². The Hall–Kier alpha value is -3.45. The summed E-state index contributed by atoms with van der Waals surface area (Å²) in [5.41, 5.74) is 0.854. The van der Waals surface area contributed by atoms with Crippen LogP contribution in [0, 0.1) is 0 Å². The van der Waals surface area contributed by atoms with Crippen LogP contribution in [0.2, 0.25) is 0 Å². The van der Waals surface area contributed by atoms with Crippen LogP contribution in [0.15, 0.2) is 41.2 Å². The number of benzene rings is 3. The predicted octanol–water partition coefficient (Wildman–Crippen LogP) is 3.33. The highest BCUT2D eigenvalue weighted by Crippen LogP contribution is 2.41. The number of hydrogen-bond acceptors (Lipinski definition) is 6. The van der Waals surface area contributed by atoms with E-state index in [0.717, 1.165) is 39.4 Å². The Bertz CT molecular complexity index is 1410. The molecule has 4 aromatic rings. The van der Waals surface area contributed by atoms with Gasteiger partial charge in [0.25, 0.3) is 5.56 Å². The van der Waals surface area contributed by atoms with Crippen molar-refractivity contribution in [2.45, 2.75) is 6.54 Å². The van der Waals surface area contributed by atoms with Crippen molar-refractivity contribution < 1.29 is 18.9 Å². The number of hydrogen-bond donors (Lipinski definition) is 0. The van der Waals surface area contributed by atoms with Gasteiger partial charge in [0.05, 0.1) is 10.9 Å². The van der Waals surface area contributed by atoms with Crippen molar-refractivity contribution in [1.82, 2.24) is 9.47 Å². The summed E-state index contributed by atoms with van der Waals surface area (Å²) in [6.07, 6.45) is 0. The van der Waals surface area contributed by atoms with Crippen LogP contribution in [-0.2, 0) is 6.54 Å². The first-order valence-corrected chi connectivity index (χ1v) is 9.87. The lowest BCUT2D eigenvalue weighted by atomic mass is 10.00. The molecular weight excluding hydrogens is 384 g/mol. The summed E-state index contributed by atoms with van der Waals surface area (Å²) in [6.45, 7) is 1.69. The van der Waals surface area contributed by atoms with Gasteiger partial charge in [-0.3, -0.25) is 4.79 Å². The van der Waals surface area contributed by atoms with Gasteiger partial charge in [-0.1, -0.05) is 12.1 Å². The van der Waals surface area contributed by atoms with E-state index in [1.807, 2.05) is 36.9 Å². The quantitative estimate of drug-likeness (QED) is 0.488. The number of fused-ring (bicyclic) bond motifs is 7. The molecule has 0 radical (unpaired) electrons. The molecule has 0 aliphatic carbocycles. The van der Waals surface area contributed by atoms with Crippen LogP contribution < -0.4 is 24.5 Å². The van der Waals surface area contributed by atoms with E-state index < -0.39 is 0 Å². The Morgan fingerprint density at radius 1 is 0.800 bits per heavy atom. The van der Waals surface area contributed by atoms with Crippen molar-refractivity contribution in [2.75, 3.05) is 34.2 Å². The minimum atomic E-state index is -0.0391. The highest BCUT2D eigenvalue weighted by molar-refractivity contribution is 6.16. The lowest BCUT2D eigenvalue weighted by Crippen LogP contribution is -2.27. The van der Waals surface area contributed by atoms with Crippen LogP contribution in [0.3, 0.4) is 0 Å². The molecule has 0 N–H and O–H groups in total. The Balaban J connectivity index is 1.76. The van der Waals surface area contributed by atoms with Crippen LogP contribution in [0.4, 0.5) is 0 Å². The number of rotatable bonds is 3. The lowest BCUT2D eigenvalue weighted by Gasteiger charge is -2.18. The molecule has 30 heavy (non-hydrogen) atoms. The molecule has 0 fully saturated rings.